The number of carbonyl (C=O) groups is 1. The summed E-state index contributed by atoms with van der Waals surface area (Å²) < 4.78 is 60.3. The van der Waals surface area contributed by atoms with E-state index < -0.39 is 27.7 Å². The zero-order chi connectivity index (χ0) is 35.8. The van der Waals surface area contributed by atoms with Crippen molar-refractivity contribution in [2.24, 2.45) is 5.41 Å². The maximum Gasteiger partial charge on any atom is 0.258 e. The Morgan fingerprint density at radius 3 is 2.45 bits per heavy atom. The quantitative estimate of drug-likeness (QED) is 0.335. The highest BCUT2D eigenvalue weighted by molar-refractivity contribution is 7.89. The number of morpholine rings is 1. The molecule has 51 heavy (non-hydrogen) atoms. The highest BCUT2D eigenvalue weighted by atomic mass is 32.2. The van der Waals surface area contributed by atoms with Gasteiger partial charge in [0.25, 0.3) is 5.91 Å². The monoisotopic (exact) mass is 724 g/mol. The molecule has 2 aromatic carbocycles. The Balaban J connectivity index is 0.931. The van der Waals surface area contributed by atoms with Crippen LogP contribution in [-0.4, -0.2) is 116 Å². The molecule has 7 rings (SSSR count). The van der Waals surface area contributed by atoms with Gasteiger partial charge in [-0.2, -0.15) is 0 Å². The van der Waals surface area contributed by atoms with E-state index in [4.69, 9.17) is 14.2 Å². The smallest absolute Gasteiger partial charge is 0.258 e. The van der Waals surface area contributed by atoms with E-state index >= 15 is 0 Å². The topological polar surface area (TPSA) is 147 Å². The molecule has 1 spiro atoms. The second-order valence-corrected chi connectivity index (χ2v) is 16.2. The number of benzene rings is 2. The van der Waals surface area contributed by atoms with E-state index in [1.54, 1.807) is 41.4 Å². The maximum atomic E-state index is 14.5. The van der Waals surface area contributed by atoms with E-state index in [1.165, 1.54) is 24.5 Å². The summed E-state index contributed by atoms with van der Waals surface area (Å²) >= 11 is 0. The molecule has 3 aromatic rings. The number of halogens is 1. The number of anilines is 1. The van der Waals surface area contributed by atoms with Crippen molar-refractivity contribution in [3.8, 4) is 11.5 Å². The van der Waals surface area contributed by atoms with Gasteiger partial charge in [-0.15, -0.1) is 0 Å². The molecule has 0 unspecified atom stereocenters. The van der Waals surface area contributed by atoms with Crippen molar-refractivity contribution >= 4 is 21.7 Å². The molecule has 0 saturated carbocycles. The summed E-state index contributed by atoms with van der Waals surface area (Å²) in [4.78, 5) is 28.7. The van der Waals surface area contributed by atoms with Crippen LogP contribution >= 0.6 is 0 Å². The molecule has 4 aliphatic rings. The summed E-state index contributed by atoms with van der Waals surface area (Å²) in [6.45, 7) is 8.17. The lowest BCUT2D eigenvalue weighted by Gasteiger charge is -2.55. The molecule has 15 heteroatoms. The molecular formula is C36H45FN6O7S. The average molecular weight is 725 g/mol. The molecule has 5 heterocycles. The molecule has 4 fully saturated rings. The number of piperidine rings is 1. The van der Waals surface area contributed by atoms with Gasteiger partial charge in [-0.25, -0.2) is 27.5 Å². The van der Waals surface area contributed by atoms with E-state index in [0.29, 0.717) is 44.2 Å². The molecule has 4 atom stereocenters. The molecule has 2 N–H and O–H groups in total. The third-order valence-corrected chi connectivity index (χ3v) is 12.0. The minimum absolute atomic E-state index is 0.0786. The number of rotatable bonds is 9. The first-order chi connectivity index (χ1) is 24.4. The second-order valence-electron chi connectivity index (χ2n) is 14.5. The highest BCUT2D eigenvalue weighted by Crippen LogP contribution is 2.45. The Morgan fingerprint density at radius 2 is 1.76 bits per heavy atom. The number of nitrogens with one attached hydrogen (secondary N) is 1. The average Bonchev–Trinajstić information content (AvgIpc) is 3.10. The van der Waals surface area contributed by atoms with Gasteiger partial charge >= 0.3 is 0 Å². The fourth-order valence-electron chi connectivity index (χ4n) is 7.72. The van der Waals surface area contributed by atoms with Crippen LogP contribution in [0.25, 0.3) is 0 Å². The summed E-state index contributed by atoms with van der Waals surface area (Å²) in [5.41, 5.74) is 0.209. The second kappa shape index (κ2) is 14.4. The molecule has 1 amide bonds. The Kier molecular flexibility index (Phi) is 10.0. The van der Waals surface area contributed by atoms with Gasteiger partial charge in [0.05, 0.1) is 55.1 Å². The molecule has 4 aliphatic heterocycles. The van der Waals surface area contributed by atoms with Gasteiger partial charge in [0.1, 0.15) is 17.9 Å². The van der Waals surface area contributed by atoms with Gasteiger partial charge in [-0.3, -0.25) is 9.69 Å². The third-order valence-electron chi connectivity index (χ3n) is 10.5. The predicted molar refractivity (Wildman–Crippen MR) is 185 cm³/mol. The maximum absolute atomic E-state index is 14.5. The number of likely N-dealkylation sites (tertiary alicyclic amines) is 1. The lowest BCUT2D eigenvalue weighted by atomic mass is 9.72. The van der Waals surface area contributed by atoms with Crippen LogP contribution in [0.15, 0.2) is 66.0 Å². The van der Waals surface area contributed by atoms with E-state index in [1.807, 2.05) is 13.8 Å². The minimum Gasteiger partial charge on any atom is -0.451 e. The Hall–Kier alpha value is -3.73. The van der Waals surface area contributed by atoms with E-state index in [-0.39, 0.29) is 46.2 Å². The predicted octanol–water partition coefficient (Wildman–Crippen LogP) is 3.41. The van der Waals surface area contributed by atoms with E-state index in [9.17, 15) is 22.7 Å². The molecule has 0 aliphatic carbocycles. The third kappa shape index (κ3) is 7.74. The number of aliphatic hydroxyl groups is 1. The van der Waals surface area contributed by atoms with Crippen molar-refractivity contribution < 1.29 is 36.9 Å². The Labute approximate surface area is 297 Å². The molecule has 0 bridgehead atoms. The number of hydrogen-bond acceptors (Lipinski definition) is 11. The summed E-state index contributed by atoms with van der Waals surface area (Å²) in [6, 6.07) is 11.4. The molecule has 274 valence electrons. The fourth-order valence-corrected chi connectivity index (χ4v) is 9.00. The van der Waals surface area contributed by atoms with Crippen LogP contribution in [0.1, 0.15) is 49.9 Å². The van der Waals surface area contributed by atoms with Crippen molar-refractivity contribution in [1.29, 1.82) is 0 Å². The van der Waals surface area contributed by atoms with Gasteiger partial charge in [0.15, 0.2) is 17.4 Å². The number of hydrogen-bond donors (Lipinski definition) is 2. The first kappa shape index (κ1) is 35.7. The van der Waals surface area contributed by atoms with Crippen molar-refractivity contribution in [2.45, 2.75) is 68.3 Å². The standard InChI is InChI=1S/C36H45FN6O7S/c1-25-18-48-19-26(2)43(25)34(44)30-16-27(37)8-9-31(30)50-32-17-38-24-39-33(32)42-21-35(22-42)12-14-41(15-13-35)23-36(45)11-10-28(20-49-36)40-51(46,47)29-6-4-3-5-7-29/h3-9,16-17,24-26,28,40,45H,10-15,18-23H2,1-2H3/t25-,26-,28-,36-/m1/s1. The number of ether oxygens (including phenoxy) is 3. The highest BCUT2D eigenvalue weighted by Gasteiger charge is 2.47. The summed E-state index contributed by atoms with van der Waals surface area (Å²) in [5, 5.41) is 11.2. The van der Waals surface area contributed by atoms with Crippen molar-refractivity contribution in [2.75, 3.05) is 57.4 Å². The van der Waals surface area contributed by atoms with Gasteiger partial charge in [0.2, 0.25) is 10.0 Å². The first-order valence-electron chi connectivity index (χ1n) is 17.5. The largest absolute Gasteiger partial charge is 0.451 e. The van der Waals surface area contributed by atoms with Crippen molar-refractivity contribution in [1.82, 2.24) is 24.5 Å². The molecule has 4 saturated heterocycles. The number of β-amino-alcohol motifs (C(OH)–C–C–N with tert-alkyl or cyclic N) is 1. The zero-order valence-electron chi connectivity index (χ0n) is 28.9. The Morgan fingerprint density at radius 1 is 1.04 bits per heavy atom. The van der Waals surface area contributed by atoms with Crippen LogP contribution in [0, 0.1) is 11.2 Å². The van der Waals surface area contributed by atoms with Gasteiger partial charge in [-0.1, -0.05) is 18.2 Å². The fraction of sp³-hybridized carbons (Fsp3) is 0.528. The number of amides is 1. The number of sulfonamides is 1. The SMILES string of the molecule is C[C@@H]1COC[C@@H](C)N1C(=O)c1cc(F)ccc1Oc1cncnc1N1CC2(CCN(C[C@@]3(O)CC[C@@H](NS(=O)(=O)c4ccccc4)CO3)CC2)C1. The zero-order valence-corrected chi connectivity index (χ0v) is 29.7. The minimum atomic E-state index is -3.67. The first-order valence-corrected chi connectivity index (χ1v) is 19.0. The van der Waals surface area contributed by atoms with E-state index in [0.717, 1.165) is 39.0 Å². The number of aromatic nitrogens is 2. The lowest BCUT2D eigenvalue weighted by Crippen LogP contribution is -2.62. The summed E-state index contributed by atoms with van der Waals surface area (Å²) in [6.07, 6.45) is 5.67. The van der Waals surface area contributed by atoms with E-state index in [2.05, 4.69) is 24.5 Å². The lowest BCUT2D eigenvalue weighted by molar-refractivity contribution is -0.239. The number of carbonyl (C=O) groups excluding carboxylic acids is 1. The van der Waals surface area contributed by atoms with Crippen molar-refractivity contribution in [3.05, 3.63) is 72.4 Å². The van der Waals surface area contributed by atoms with Crippen LogP contribution in [0.5, 0.6) is 11.5 Å². The Bertz CT molecular complexity index is 1800. The molecule has 0 radical (unpaired) electrons. The molecule has 1 aromatic heterocycles. The van der Waals surface area contributed by atoms with Crippen LogP contribution in [0.2, 0.25) is 0 Å². The molecular weight excluding hydrogens is 679 g/mol. The summed E-state index contributed by atoms with van der Waals surface area (Å²) in [7, 11) is -3.67. The number of nitrogens with zero attached hydrogens (tertiary/aromatic N) is 5. The normalized spacial score (nSPS) is 26.9. The summed E-state index contributed by atoms with van der Waals surface area (Å²) in [5.74, 6) is -0.967. The van der Waals surface area contributed by atoms with Crippen LogP contribution in [0.3, 0.4) is 0 Å². The van der Waals surface area contributed by atoms with Crippen molar-refractivity contribution in [3.63, 3.8) is 0 Å². The van der Waals surface area contributed by atoms with Gasteiger partial charge in [-0.05, 0) is 76.5 Å². The van der Waals surface area contributed by atoms with Crippen LogP contribution in [0.4, 0.5) is 10.2 Å². The van der Waals surface area contributed by atoms with Crippen LogP contribution in [-0.2, 0) is 19.5 Å². The van der Waals surface area contributed by atoms with Gasteiger partial charge < -0.3 is 29.1 Å². The van der Waals surface area contributed by atoms with Crippen LogP contribution < -0.4 is 14.4 Å². The van der Waals surface area contributed by atoms with Gasteiger partial charge in [0, 0.05) is 31.0 Å². The molecule has 13 nitrogen and oxygen atoms in total.